The van der Waals surface area contributed by atoms with Crippen molar-refractivity contribution in [2.45, 2.75) is 31.3 Å². The molecule has 1 unspecified atom stereocenters. The van der Waals surface area contributed by atoms with Gasteiger partial charge in [-0.1, -0.05) is 12.0 Å². The first-order valence-corrected chi connectivity index (χ1v) is 3.93. The van der Waals surface area contributed by atoms with Crippen LogP contribution >= 0.6 is 0 Å². The molecule has 0 aromatic heterocycles. The second kappa shape index (κ2) is 5.47. The summed E-state index contributed by atoms with van der Waals surface area (Å²) in [7, 11) is 0. The summed E-state index contributed by atoms with van der Waals surface area (Å²) < 4.78 is 0. The largest absolute Gasteiger partial charge is 0.378 e. The topological polar surface area (TPSA) is 20.2 Å². The Balaban J connectivity index is 3.99. The third kappa shape index (κ3) is 3.86. The predicted molar refractivity (Wildman–Crippen MR) is 51.3 cm³/mol. The molecule has 0 spiro atoms. The third-order valence-electron chi connectivity index (χ3n) is 1.71. The lowest BCUT2D eigenvalue weighted by Crippen LogP contribution is -2.25. The van der Waals surface area contributed by atoms with Crippen LogP contribution in [0.5, 0.6) is 0 Å². The van der Waals surface area contributed by atoms with Gasteiger partial charge in [-0.15, -0.1) is 25.3 Å². The molecule has 0 bridgehead atoms. The van der Waals surface area contributed by atoms with Crippen LogP contribution in [0.3, 0.4) is 0 Å². The molecule has 0 aliphatic carbocycles. The van der Waals surface area contributed by atoms with Crippen molar-refractivity contribution < 1.29 is 5.11 Å². The van der Waals surface area contributed by atoms with Crippen molar-refractivity contribution in [2.24, 2.45) is 0 Å². The Morgan fingerprint density at radius 1 is 1.42 bits per heavy atom. The van der Waals surface area contributed by atoms with Crippen LogP contribution in [0.2, 0.25) is 0 Å². The fourth-order valence-corrected chi connectivity index (χ4v) is 0.889. The third-order valence-corrected chi connectivity index (χ3v) is 1.71. The van der Waals surface area contributed by atoms with E-state index in [4.69, 9.17) is 12.8 Å². The first kappa shape index (κ1) is 10.8. The lowest BCUT2D eigenvalue weighted by Gasteiger charge is -2.19. The number of hydrogen-bond acceptors (Lipinski definition) is 1. The van der Waals surface area contributed by atoms with E-state index in [1.165, 1.54) is 0 Å². The SMILES string of the molecule is C#CCCC(O)(C#C)CCC=C. The minimum Gasteiger partial charge on any atom is -0.378 e. The van der Waals surface area contributed by atoms with E-state index in [2.05, 4.69) is 18.4 Å². The van der Waals surface area contributed by atoms with Gasteiger partial charge in [0.25, 0.3) is 0 Å². The van der Waals surface area contributed by atoms with Gasteiger partial charge in [-0.25, -0.2) is 0 Å². The van der Waals surface area contributed by atoms with Crippen LogP contribution in [0.25, 0.3) is 0 Å². The Hall–Kier alpha value is -1.18. The Morgan fingerprint density at radius 3 is 2.50 bits per heavy atom. The molecule has 1 heteroatoms. The van der Waals surface area contributed by atoms with Gasteiger partial charge in [0.15, 0.2) is 0 Å². The fraction of sp³-hybridized carbons (Fsp3) is 0.455. The quantitative estimate of drug-likeness (QED) is 0.482. The molecule has 0 saturated carbocycles. The zero-order valence-electron chi connectivity index (χ0n) is 7.21. The average Bonchev–Trinajstić information content (AvgIpc) is 2.11. The van der Waals surface area contributed by atoms with Crippen LogP contribution in [-0.2, 0) is 0 Å². The molecule has 1 nitrogen and oxygen atoms in total. The molecule has 64 valence electrons. The molecule has 0 aromatic rings. The van der Waals surface area contributed by atoms with E-state index >= 15 is 0 Å². The Morgan fingerprint density at radius 2 is 2.08 bits per heavy atom. The van der Waals surface area contributed by atoms with Gasteiger partial charge in [0.05, 0.1) is 0 Å². The Bertz CT molecular complexity index is 216. The molecule has 0 fully saturated rings. The smallest absolute Gasteiger partial charge is 0.126 e. The molecule has 1 atom stereocenters. The minimum atomic E-state index is -1.04. The maximum atomic E-state index is 9.70. The molecule has 0 aliphatic rings. The highest BCUT2D eigenvalue weighted by molar-refractivity contribution is 5.09. The molecule has 12 heavy (non-hydrogen) atoms. The lowest BCUT2D eigenvalue weighted by atomic mass is 9.93. The molecule has 0 saturated heterocycles. The van der Waals surface area contributed by atoms with Crippen LogP contribution in [-0.4, -0.2) is 10.7 Å². The molecular weight excluding hydrogens is 148 g/mol. The second-order valence-corrected chi connectivity index (χ2v) is 2.71. The first-order valence-electron chi connectivity index (χ1n) is 3.93. The molecule has 0 aromatic carbocycles. The van der Waals surface area contributed by atoms with Gasteiger partial charge in [-0.05, 0) is 19.3 Å². The van der Waals surface area contributed by atoms with Gasteiger partial charge >= 0.3 is 0 Å². The van der Waals surface area contributed by atoms with Crippen molar-refractivity contribution in [3.05, 3.63) is 12.7 Å². The molecule has 0 radical (unpaired) electrons. The fourth-order valence-electron chi connectivity index (χ4n) is 0.889. The highest BCUT2D eigenvalue weighted by Gasteiger charge is 2.21. The van der Waals surface area contributed by atoms with Gasteiger partial charge in [-0.2, -0.15) is 0 Å². The number of rotatable bonds is 5. The van der Waals surface area contributed by atoms with Crippen molar-refractivity contribution in [1.82, 2.24) is 0 Å². The van der Waals surface area contributed by atoms with E-state index in [1.807, 2.05) is 0 Å². The minimum absolute atomic E-state index is 0.466. The zero-order valence-corrected chi connectivity index (χ0v) is 7.21. The average molecular weight is 162 g/mol. The van der Waals surface area contributed by atoms with Crippen LogP contribution < -0.4 is 0 Å². The summed E-state index contributed by atoms with van der Waals surface area (Å²) in [6.07, 6.45) is 14.2. The predicted octanol–water partition coefficient (Wildman–Crippen LogP) is 1.73. The lowest BCUT2D eigenvalue weighted by molar-refractivity contribution is 0.0852. The van der Waals surface area contributed by atoms with E-state index in [1.54, 1.807) is 6.08 Å². The highest BCUT2D eigenvalue weighted by atomic mass is 16.3. The van der Waals surface area contributed by atoms with Crippen molar-refractivity contribution >= 4 is 0 Å². The first-order chi connectivity index (χ1) is 5.68. The molecule has 0 rings (SSSR count). The van der Waals surface area contributed by atoms with E-state index in [-0.39, 0.29) is 0 Å². The monoisotopic (exact) mass is 162 g/mol. The van der Waals surface area contributed by atoms with Crippen LogP contribution in [0, 0.1) is 24.7 Å². The summed E-state index contributed by atoms with van der Waals surface area (Å²) in [4.78, 5) is 0. The number of aliphatic hydroxyl groups is 1. The molecule has 1 N–H and O–H groups in total. The van der Waals surface area contributed by atoms with Gasteiger partial charge in [0.2, 0.25) is 0 Å². The van der Waals surface area contributed by atoms with E-state index in [0.29, 0.717) is 25.7 Å². The van der Waals surface area contributed by atoms with Crippen molar-refractivity contribution in [3.63, 3.8) is 0 Å². The number of terminal acetylenes is 2. The van der Waals surface area contributed by atoms with E-state index in [9.17, 15) is 5.11 Å². The van der Waals surface area contributed by atoms with Crippen molar-refractivity contribution in [3.8, 4) is 24.7 Å². The summed E-state index contributed by atoms with van der Waals surface area (Å²) in [6, 6.07) is 0. The van der Waals surface area contributed by atoms with Crippen LogP contribution in [0.1, 0.15) is 25.7 Å². The molecule has 0 aliphatic heterocycles. The summed E-state index contributed by atoms with van der Waals surface area (Å²) in [6.45, 7) is 3.56. The Kier molecular flexibility index (Phi) is 4.93. The molecule has 0 heterocycles. The molecule has 0 amide bonds. The van der Waals surface area contributed by atoms with Gasteiger partial charge in [0, 0.05) is 6.42 Å². The second-order valence-electron chi connectivity index (χ2n) is 2.71. The van der Waals surface area contributed by atoms with Gasteiger partial charge in [-0.3, -0.25) is 0 Å². The summed E-state index contributed by atoms with van der Waals surface area (Å²) in [5, 5.41) is 9.70. The Labute approximate surface area is 74.5 Å². The standard InChI is InChI=1S/C11H14O/c1-4-7-9-11(12,6-3)10-8-5-2/h1,3,5,12H,2,7-10H2. The van der Waals surface area contributed by atoms with Crippen LogP contribution in [0.4, 0.5) is 0 Å². The zero-order chi connectivity index (χ0) is 9.45. The number of hydrogen-bond donors (Lipinski definition) is 1. The van der Waals surface area contributed by atoms with Crippen LogP contribution in [0.15, 0.2) is 12.7 Å². The maximum absolute atomic E-state index is 9.70. The summed E-state index contributed by atoms with van der Waals surface area (Å²) >= 11 is 0. The van der Waals surface area contributed by atoms with Crippen molar-refractivity contribution in [2.75, 3.05) is 0 Å². The molecular formula is C11H14O. The van der Waals surface area contributed by atoms with E-state index in [0.717, 1.165) is 0 Å². The normalized spacial score (nSPS) is 13.9. The van der Waals surface area contributed by atoms with Gasteiger partial charge in [0.1, 0.15) is 5.60 Å². The summed E-state index contributed by atoms with van der Waals surface area (Å²) in [5.41, 5.74) is -1.04. The van der Waals surface area contributed by atoms with Crippen molar-refractivity contribution in [1.29, 1.82) is 0 Å². The highest BCUT2D eigenvalue weighted by Crippen LogP contribution is 2.18. The number of allylic oxidation sites excluding steroid dienone is 1. The van der Waals surface area contributed by atoms with Gasteiger partial charge < -0.3 is 5.11 Å². The van der Waals surface area contributed by atoms with E-state index < -0.39 is 5.60 Å². The maximum Gasteiger partial charge on any atom is 0.126 e. The summed E-state index contributed by atoms with van der Waals surface area (Å²) in [5.74, 6) is 4.81.